The van der Waals surface area contributed by atoms with E-state index in [4.69, 9.17) is 12.2 Å². The van der Waals surface area contributed by atoms with Crippen LogP contribution in [0.1, 0.15) is 22.0 Å². The van der Waals surface area contributed by atoms with Crippen molar-refractivity contribution in [2.24, 2.45) is 0 Å². The summed E-state index contributed by atoms with van der Waals surface area (Å²) in [5.41, 5.74) is 2.95. The van der Waals surface area contributed by atoms with Crippen LogP contribution in [0.5, 0.6) is 0 Å². The Morgan fingerprint density at radius 3 is 2.00 bits per heavy atom. The molecule has 1 aliphatic rings. The molecule has 0 radical (unpaired) electrons. The average molecular weight is 603 g/mol. The minimum atomic E-state index is -3.67. The monoisotopic (exact) mass is 602 g/mol. The second kappa shape index (κ2) is 13.3. The van der Waals surface area contributed by atoms with Crippen LogP contribution in [0.25, 0.3) is 6.08 Å². The zero-order chi connectivity index (χ0) is 28.7. The van der Waals surface area contributed by atoms with E-state index in [2.05, 4.69) is 39.8 Å². The van der Waals surface area contributed by atoms with Crippen molar-refractivity contribution in [2.75, 3.05) is 31.5 Å². The Balaban J connectivity index is 1.19. The van der Waals surface area contributed by atoms with Gasteiger partial charge in [-0.25, -0.2) is 8.42 Å². The van der Waals surface area contributed by atoms with E-state index in [9.17, 15) is 13.2 Å². The Hall–Kier alpha value is -3.67. The van der Waals surface area contributed by atoms with E-state index in [1.165, 1.54) is 28.5 Å². The molecule has 0 saturated carbocycles. The summed E-state index contributed by atoms with van der Waals surface area (Å²) >= 11 is 6.76. The third-order valence-electron chi connectivity index (χ3n) is 6.80. The van der Waals surface area contributed by atoms with Crippen LogP contribution >= 0.6 is 23.6 Å². The highest BCUT2D eigenvalue weighted by Gasteiger charge is 2.32. The lowest BCUT2D eigenvalue weighted by Crippen LogP contribution is -2.49. The van der Waals surface area contributed by atoms with Gasteiger partial charge < -0.3 is 5.32 Å². The molecule has 0 spiro atoms. The van der Waals surface area contributed by atoms with E-state index < -0.39 is 10.0 Å². The van der Waals surface area contributed by atoms with Crippen molar-refractivity contribution in [3.63, 3.8) is 0 Å². The first-order valence-corrected chi connectivity index (χ1v) is 15.9. The van der Waals surface area contributed by atoms with E-state index in [1.807, 2.05) is 53.9 Å². The number of carbonyl (C=O) groups is 1. The predicted molar refractivity (Wildman–Crippen MR) is 169 cm³/mol. The van der Waals surface area contributed by atoms with Gasteiger partial charge in [0.1, 0.15) is 0 Å². The minimum absolute atomic E-state index is 0.0585. The topological polar surface area (TPSA) is 81.8 Å². The molecule has 2 N–H and O–H groups in total. The molecule has 1 fully saturated rings. The molecule has 7 nitrogen and oxygen atoms in total. The number of amides is 1. The first kappa shape index (κ1) is 28.8. The molecule has 1 amide bonds. The number of sulfonamides is 1. The summed E-state index contributed by atoms with van der Waals surface area (Å²) in [5, 5.41) is 7.58. The highest BCUT2D eigenvalue weighted by Crippen LogP contribution is 2.30. The van der Waals surface area contributed by atoms with Crippen molar-refractivity contribution in [3.8, 4) is 0 Å². The molecule has 3 aromatic carbocycles. The van der Waals surface area contributed by atoms with Gasteiger partial charge in [-0.3, -0.25) is 15.0 Å². The largest absolute Gasteiger partial charge is 0.332 e. The Bertz CT molecular complexity index is 1540. The lowest BCUT2D eigenvalue weighted by molar-refractivity contribution is -0.115. The number of benzene rings is 3. The number of hydrogen-bond donors (Lipinski definition) is 2. The quantitative estimate of drug-likeness (QED) is 0.209. The molecule has 0 aliphatic carbocycles. The third kappa shape index (κ3) is 7.35. The number of hydrogen-bond acceptors (Lipinski definition) is 6. The van der Waals surface area contributed by atoms with Gasteiger partial charge in [0.25, 0.3) is 0 Å². The number of piperazine rings is 1. The maximum atomic E-state index is 13.4. The number of thiophene rings is 1. The van der Waals surface area contributed by atoms with Crippen LogP contribution in [0.15, 0.2) is 113 Å². The van der Waals surface area contributed by atoms with Crippen molar-refractivity contribution in [1.82, 2.24) is 14.5 Å². The van der Waals surface area contributed by atoms with E-state index in [0.717, 1.165) is 4.88 Å². The zero-order valence-electron chi connectivity index (χ0n) is 22.2. The number of carbonyl (C=O) groups excluding carboxylic acids is 1. The first-order valence-electron chi connectivity index (χ1n) is 13.2. The lowest BCUT2D eigenvalue weighted by Gasteiger charge is -2.39. The molecule has 0 bridgehead atoms. The lowest BCUT2D eigenvalue weighted by atomic mass is 9.96. The molecule has 10 heteroatoms. The molecule has 0 atom stereocenters. The Morgan fingerprint density at radius 2 is 1.44 bits per heavy atom. The van der Waals surface area contributed by atoms with Crippen molar-refractivity contribution < 1.29 is 13.2 Å². The van der Waals surface area contributed by atoms with Crippen LogP contribution in [0.4, 0.5) is 5.69 Å². The zero-order valence-corrected chi connectivity index (χ0v) is 24.7. The fraction of sp³-hybridized carbons (Fsp3) is 0.161. The van der Waals surface area contributed by atoms with Gasteiger partial charge >= 0.3 is 0 Å². The summed E-state index contributed by atoms with van der Waals surface area (Å²) in [6.07, 6.45) is 3.13. The molecule has 1 aromatic heterocycles. The van der Waals surface area contributed by atoms with Gasteiger partial charge in [0, 0.05) is 42.8 Å². The van der Waals surface area contributed by atoms with Crippen molar-refractivity contribution in [3.05, 3.63) is 125 Å². The summed E-state index contributed by atoms with van der Waals surface area (Å²) in [5.74, 6) is -0.351. The Labute approximate surface area is 250 Å². The number of anilines is 1. The summed E-state index contributed by atoms with van der Waals surface area (Å²) in [6, 6.07) is 30.9. The fourth-order valence-corrected chi connectivity index (χ4v) is 7.06. The van der Waals surface area contributed by atoms with Crippen LogP contribution in [0.3, 0.4) is 0 Å². The van der Waals surface area contributed by atoms with Gasteiger partial charge in [-0.15, -0.1) is 11.3 Å². The van der Waals surface area contributed by atoms with Gasteiger partial charge in [0.2, 0.25) is 15.9 Å². The molecule has 4 aromatic rings. The second-order valence-electron chi connectivity index (χ2n) is 9.48. The first-order chi connectivity index (χ1) is 19.9. The minimum Gasteiger partial charge on any atom is -0.332 e. The summed E-state index contributed by atoms with van der Waals surface area (Å²) in [7, 11) is -3.67. The van der Waals surface area contributed by atoms with Crippen molar-refractivity contribution in [2.45, 2.75) is 10.9 Å². The van der Waals surface area contributed by atoms with Gasteiger partial charge in [-0.05, 0) is 65.1 Å². The van der Waals surface area contributed by atoms with Gasteiger partial charge in [0.15, 0.2) is 5.11 Å². The molecular formula is C31H30N4O3S3. The van der Waals surface area contributed by atoms with Crippen LogP contribution in [0, 0.1) is 0 Å². The van der Waals surface area contributed by atoms with E-state index in [-0.39, 0.29) is 22.0 Å². The van der Waals surface area contributed by atoms with Gasteiger partial charge in [-0.1, -0.05) is 66.7 Å². The normalized spacial score (nSPS) is 14.8. The predicted octanol–water partition coefficient (Wildman–Crippen LogP) is 5.37. The molecule has 5 rings (SSSR count). The number of nitrogens with one attached hydrogen (secondary N) is 2. The number of rotatable bonds is 8. The van der Waals surface area contributed by atoms with Crippen LogP contribution in [-0.4, -0.2) is 54.8 Å². The molecule has 2 heterocycles. The number of nitrogens with zero attached hydrogens (tertiary/aromatic N) is 2. The highest BCUT2D eigenvalue weighted by atomic mass is 32.2. The number of thiocarbonyl (C=S) groups is 1. The molecule has 41 heavy (non-hydrogen) atoms. The van der Waals surface area contributed by atoms with Crippen molar-refractivity contribution >= 4 is 56.4 Å². The molecule has 1 saturated heterocycles. The average Bonchev–Trinajstić information content (AvgIpc) is 3.52. The molecule has 210 valence electrons. The van der Waals surface area contributed by atoms with E-state index >= 15 is 0 Å². The standard InChI is InChI=1S/C31H30N4O3S3/c36-29(18-15-27-12-7-23-40-27)33-31(39)32-26-13-16-28(17-14-26)41(37,38)35-21-19-34(20-22-35)30(24-8-3-1-4-9-24)25-10-5-2-6-11-25/h1-18,23,30H,19-22H2,(H2,32,33,36,39). The van der Waals surface area contributed by atoms with E-state index in [0.29, 0.717) is 31.9 Å². The second-order valence-corrected chi connectivity index (χ2v) is 12.8. The summed E-state index contributed by atoms with van der Waals surface area (Å²) in [4.78, 5) is 15.6. The van der Waals surface area contributed by atoms with Gasteiger partial charge in [0.05, 0.1) is 10.9 Å². The van der Waals surface area contributed by atoms with Crippen LogP contribution < -0.4 is 10.6 Å². The summed E-state index contributed by atoms with van der Waals surface area (Å²) < 4.78 is 28.4. The molecule has 1 aliphatic heterocycles. The van der Waals surface area contributed by atoms with Gasteiger partial charge in [-0.2, -0.15) is 4.31 Å². The third-order valence-corrected chi connectivity index (χ3v) is 9.75. The SMILES string of the molecule is O=C(C=Cc1cccs1)NC(=S)Nc1ccc(S(=O)(=O)N2CCN(C(c3ccccc3)c3ccccc3)CC2)cc1. The van der Waals surface area contributed by atoms with Crippen LogP contribution in [-0.2, 0) is 14.8 Å². The Kier molecular flexibility index (Phi) is 9.38. The molecule has 0 unspecified atom stereocenters. The highest BCUT2D eigenvalue weighted by molar-refractivity contribution is 7.89. The van der Waals surface area contributed by atoms with E-state index in [1.54, 1.807) is 34.6 Å². The van der Waals surface area contributed by atoms with Crippen LogP contribution in [0.2, 0.25) is 0 Å². The van der Waals surface area contributed by atoms with Crippen molar-refractivity contribution in [1.29, 1.82) is 0 Å². The molecular weight excluding hydrogens is 573 g/mol. The smallest absolute Gasteiger partial charge is 0.250 e. The maximum Gasteiger partial charge on any atom is 0.250 e. The Morgan fingerprint density at radius 1 is 0.829 bits per heavy atom. The fourth-order valence-electron chi connectivity index (χ4n) is 4.81. The maximum absolute atomic E-state index is 13.4. The summed E-state index contributed by atoms with van der Waals surface area (Å²) in [6.45, 7) is 2.02.